The predicted octanol–water partition coefficient (Wildman–Crippen LogP) is 24.9. The van der Waals surface area contributed by atoms with Crippen molar-refractivity contribution in [1.29, 1.82) is 0 Å². The molecule has 0 aromatic heterocycles. The normalized spacial score (nSPS) is 45.8. The van der Waals surface area contributed by atoms with Gasteiger partial charge in [0.15, 0.2) is 0 Å². The Kier molecular flexibility index (Phi) is 32.9. The quantitative estimate of drug-likeness (QED) is 0.0461. The molecular weight excluding hydrogens is 1820 g/mol. The third-order valence-corrected chi connectivity index (χ3v) is 45.7. The van der Waals surface area contributed by atoms with E-state index in [-0.39, 0.29) is 202 Å². The van der Waals surface area contributed by atoms with Gasteiger partial charge in [0.1, 0.15) is 39.2 Å². The summed E-state index contributed by atoms with van der Waals surface area (Å²) >= 11 is 0. The fraction of sp³-hybridized carbons (Fsp3) is 0.943. The second kappa shape index (κ2) is 43.7. The zero-order chi connectivity index (χ0) is 102. The van der Waals surface area contributed by atoms with Crippen LogP contribution in [-0.4, -0.2) is 179 Å². The van der Waals surface area contributed by atoms with Crippen LogP contribution in [0.4, 0.5) is 0 Å². The summed E-state index contributed by atoms with van der Waals surface area (Å²) in [5.74, 6) is 4.95. The Bertz CT molecular complexity index is 4330. The Morgan fingerprint density at radius 1 is 0.271 bits per heavy atom. The van der Waals surface area contributed by atoms with E-state index in [2.05, 4.69) is 132 Å². The maximum absolute atomic E-state index is 14.2. The fourth-order valence-corrected chi connectivity index (χ4v) is 37.9. The summed E-state index contributed by atoms with van der Waals surface area (Å²) in [6.45, 7) is 41.4. The van der Waals surface area contributed by atoms with Crippen molar-refractivity contribution >= 4 is 41.8 Å². The van der Waals surface area contributed by atoms with Crippen molar-refractivity contribution in [2.45, 2.75) is 583 Å². The highest BCUT2D eigenvalue weighted by Gasteiger charge is 2.75. The van der Waals surface area contributed by atoms with Crippen LogP contribution in [0.15, 0.2) is 0 Å². The van der Waals surface area contributed by atoms with E-state index in [4.69, 9.17) is 71.1 Å². The molecule has 22 nitrogen and oxygen atoms in total. The second-order valence-corrected chi connectivity index (χ2v) is 51.7. The summed E-state index contributed by atoms with van der Waals surface area (Å²) in [5.41, 5.74) is -2.47. The molecule has 0 aromatic rings. The van der Waals surface area contributed by atoms with Gasteiger partial charge >= 0.3 is 41.8 Å². The predicted molar refractivity (Wildman–Crippen MR) is 548 cm³/mol. The van der Waals surface area contributed by atoms with E-state index in [0.717, 1.165) is 243 Å². The molecule has 41 atom stereocenters. The van der Waals surface area contributed by atoms with Crippen molar-refractivity contribution < 1.29 is 105 Å². The molecule has 144 heavy (non-hydrogen) atoms. The number of rotatable bonds is 31. The van der Waals surface area contributed by atoms with Crippen LogP contribution in [0.1, 0.15) is 446 Å². The number of carbonyl (C=O) groups excluding carboxylic acids is 7. The summed E-state index contributed by atoms with van der Waals surface area (Å²) in [5, 5.41) is 0. The third kappa shape index (κ3) is 18.8. The zero-order valence-electron chi connectivity index (χ0n) is 92.6. The molecule has 0 aromatic carbocycles. The molecule has 12 saturated heterocycles. The van der Waals surface area contributed by atoms with Crippen LogP contribution < -0.4 is 0 Å². The zero-order valence-corrected chi connectivity index (χ0v) is 92.6. The van der Waals surface area contributed by atoms with Gasteiger partial charge in [-0.2, -0.15) is 0 Å². The minimum atomic E-state index is -0.591. The van der Waals surface area contributed by atoms with Crippen molar-refractivity contribution in [3.63, 3.8) is 0 Å². The number of ether oxygens (including phenoxy) is 15. The molecule has 23 rings (SSSR count). The first-order chi connectivity index (χ1) is 69.4. The lowest BCUT2D eigenvalue weighted by molar-refractivity contribution is -0.187. The van der Waals surface area contributed by atoms with Crippen LogP contribution in [0.25, 0.3) is 0 Å². The first-order valence-corrected chi connectivity index (χ1v) is 61.3. The Morgan fingerprint density at radius 2 is 0.597 bits per heavy atom. The van der Waals surface area contributed by atoms with E-state index in [9.17, 15) is 33.6 Å². The molecule has 12 aliphatic heterocycles. The lowest BCUT2D eigenvalue weighted by Crippen LogP contribution is -2.51. The van der Waals surface area contributed by atoms with E-state index in [1.807, 2.05) is 0 Å². The maximum atomic E-state index is 14.2. The van der Waals surface area contributed by atoms with Crippen molar-refractivity contribution in [1.82, 2.24) is 0 Å². The van der Waals surface area contributed by atoms with Crippen molar-refractivity contribution in [2.75, 3.05) is 0 Å². The molecule has 41 unspecified atom stereocenters. The topological polar surface area (TPSA) is 258 Å². The minimum Gasteiger partial charge on any atom is -0.459 e. The largest absolute Gasteiger partial charge is 0.459 e. The minimum absolute atomic E-state index is 0.000462. The van der Waals surface area contributed by atoms with Crippen LogP contribution in [0.2, 0.25) is 0 Å². The summed E-state index contributed by atoms with van der Waals surface area (Å²) in [7, 11) is 0. The van der Waals surface area contributed by atoms with Gasteiger partial charge in [0.25, 0.3) is 0 Å². The highest BCUT2D eigenvalue weighted by molar-refractivity contribution is 5.86. The van der Waals surface area contributed by atoms with Crippen LogP contribution in [0.3, 0.4) is 0 Å². The molecule has 23 fully saturated rings. The molecule has 12 heterocycles. The second-order valence-electron chi connectivity index (χ2n) is 51.7. The molecule has 11 aliphatic carbocycles. The molecule has 0 N–H and O–H groups in total. The smallest absolute Gasteiger partial charge is 0.315 e. The summed E-state index contributed by atoms with van der Waals surface area (Å²) < 4.78 is 95.1. The van der Waals surface area contributed by atoms with E-state index in [1.54, 1.807) is 0 Å². The summed E-state index contributed by atoms with van der Waals surface area (Å²) in [6, 6.07) is 0. The Balaban J connectivity index is 0.000000115. The molecule has 11 saturated carbocycles. The lowest BCUT2D eigenvalue weighted by Gasteiger charge is -2.43. The van der Waals surface area contributed by atoms with E-state index >= 15 is 0 Å². The van der Waals surface area contributed by atoms with E-state index < -0.39 is 17.3 Å². The number of hydrogen-bond donors (Lipinski definition) is 0. The van der Waals surface area contributed by atoms with Gasteiger partial charge in [0.05, 0.1) is 139 Å². The maximum Gasteiger partial charge on any atom is 0.315 e. The number of carbonyl (C=O) groups is 7. The van der Waals surface area contributed by atoms with Crippen molar-refractivity contribution in [3.8, 4) is 0 Å². The van der Waals surface area contributed by atoms with Gasteiger partial charge in [-0.1, -0.05) is 137 Å². The van der Waals surface area contributed by atoms with E-state index in [1.165, 1.54) is 77.0 Å². The molecule has 814 valence electrons. The van der Waals surface area contributed by atoms with Gasteiger partial charge < -0.3 is 71.1 Å². The van der Waals surface area contributed by atoms with Gasteiger partial charge in [-0.25, -0.2) is 0 Å². The molecular formula is C122H194O22. The van der Waals surface area contributed by atoms with Gasteiger partial charge in [-0.3, -0.25) is 33.6 Å². The van der Waals surface area contributed by atoms with Crippen LogP contribution in [0.5, 0.6) is 0 Å². The highest BCUT2D eigenvalue weighted by atomic mass is 16.6. The Hall–Kier alpha value is -4.03. The SMILES string of the molecule is CCC1CC(CC)C2C3CC(C(C(=O)OC4(CC)CCCC4)C3C(=O)OC3(CC)CC4CCC3C4)C12.CCC1OC(CC)C2C1C1CC(C)(C(=O)OC3(CC)CCCC3)C2O1.CCC1OC(CC)C2C3OC(C(C(=O)OC4(CC)CCCC4)C3C(=O)OC3(CC)CCCC3)C12.CCC1OC(CC)C2C3OC(C(C)C3C(=O)OC3(CC)CCCC3)C12.CCC1OC(CC)C2C3OC(CC3C(=O)OC3(CC)CCCC3)C12. The first-order valence-electron chi connectivity index (χ1n) is 61.3. The third-order valence-electron chi connectivity index (χ3n) is 45.7. The van der Waals surface area contributed by atoms with Crippen molar-refractivity contribution in [2.24, 2.45) is 142 Å². The molecule has 0 radical (unpaired) electrons. The first kappa shape index (κ1) is 108. The summed E-state index contributed by atoms with van der Waals surface area (Å²) in [6.07, 6.45) is 52.3. The van der Waals surface area contributed by atoms with E-state index in [0.29, 0.717) is 95.2 Å². The summed E-state index contributed by atoms with van der Waals surface area (Å²) in [4.78, 5) is 95.4. The van der Waals surface area contributed by atoms with Crippen LogP contribution in [0, 0.1) is 142 Å². The average molecular weight is 2010 g/mol. The highest BCUT2D eigenvalue weighted by Crippen LogP contribution is 2.71. The number of esters is 7. The van der Waals surface area contributed by atoms with Crippen LogP contribution >= 0.6 is 0 Å². The number of fused-ring (bicyclic) bond motifs is 27. The lowest BCUT2D eigenvalue weighted by atomic mass is 9.64. The monoisotopic (exact) mass is 2010 g/mol. The molecule has 12 bridgehead atoms. The average Bonchev–Trinajstić information content (AvgIpc) is 1.52. The van der Waals surface area contributed by atoms with Gasteiger partial charge in [-0.05, 0) is 362 Å². The molecule has 0 spiro atoms. The fourth-order valence-electron chi connectivity index (χ4n) is 37.9. The van der Waals surface area contributed by atoms with Crippen molar-refractivity contribution in [3.05, 3.63) is 0 Å². The van der Waals surface area contributed by atoms with Gasteiger partial charge in [-0.15, -0.1) is 0 Å². The molecule has 0 amide bonds. The Labute approximate surface area is 866 Å². The Morgan fingerprint density at radius 3 is 0.958 bits per heavy atom. The molecule has 22 heteroatoms. The van der Waals surface area contributed by atoms with Crippen LogP contribution in [-0.2, 0) is 105 Å². The number of hydrogen-bond acceptors (Lipinski definition) is 22. The molecule has 23 aliphatic rings. The van der Waals surface area contributed by atoms with Gasteiger partial charge in [0, 0.05) is 47.3 Å². The standard InChI is InChI=1S/C32H50O4.C28H44O6.2C21H34O4.C20H32O4/c1-5-20-16-21(6-2)26-24-17-23(25(20)26)27(29(33)35-31(7-3)13-9-10-14-31)28(24)30(34)36-32(8-4)18-19-11-12-22(32)15-19;1-5-17-19-20(18(6-2)31-17)24-22(26(30)34-28(8-4)15-11-12-16-28)21(23(19)32-24)25(29)33-27(7-3)13-9-10-14-27;1-5-13-16-15-12-20(4,18(24-15)17(16)14(6-2)23-13)19(22)25-21(7-3)10-8-9-11-21;1-5-13-16-17(14(6-2)23-13)19-15(12(4)18(16)24-19)20(22)25-21(7-3)10-8-9-11-21;1-4-13-16-15-11-12(18(23-15)17(16)14(5-2)22-13)19(21)24-20(6-3)9-7-8-10-20/h19-28H,5-18H2,1-4H3;17-24H,5-16H2,1-4H3;13-18H,5-12H2,1-4H3;12-19H,5-11H2,1-4H3;12-18H,4-11H2,1-3H3. The van der Waals surface area contributed by atoms with Gasteiger partial charge in [0.2, 0.25) is 0 Å².